The lowest BCUT2D eigenvalue weighted by molar-refractivity contribution is -0.207. The summed E-state index contributed by atoms with van der Waals surface area (Å²) in [7, 11) is -2.28. The van der Waals surface area contributed by atoms with Crippen LogP contribution < -0.4 is 0 Å². The van der Waals surface area contributed by atoms with Crippen LogP contribution in [0.4, 0.5) is 0 Å². The molecule has 0 saturated heterocycles. The highest BCUT2D eigenvalue weighted by molar-refractivity contribution is 6.74. The Balaban J connectivity index is 1.97. The molecule has 0 saturated carbocycles. The molecular formula is C33H45N3O5Si. The fraction of sp³-hybridized carbons (Fsp3) is 0.455. The summed E-state index contributed by atoms with van der Waals surface area (Å²) in [5.41, 5.74) is 11.0. The Morgan fingerprint density at radius 1 is 0.810 bits per heavy atom. The van der Waals surface area contributed by atoms with Crippen molar-refractivity contribution in [3.05, 3.63) is 118 Å². The van der Waals surface area contributed by atoms with Crippen LogP contribution in [-0.2, 0) is 38.5 Å². The first-order chi connectivity index (χ1) is 20.1. The number of azide groups is 1. The number of ether oxygens (including phenoxy) is 3. The Bertz CT molecular complexity index is 1230. The molecule has 0 fully saturated rings. The van der Waals surface area contributed by atoms with Crippen LogP contribution in [0.15, 0.2) is 96.1 Å². The lowest BCUT2D eigenvalue weighted by Gasteiger charge is -2.45. The van der Waals surface area contributed by atoms with Crippen molar-refractivity contribution in [3.8, 4) is 0 Å². The zero-order chi connectivity index (χ0) is 30.5. The monoisotopic (exact) mass is 591 g/mol. The molecule has 9 heteroatoms. The van der Waals surface area contributed by atoms with Gasteiger partial charge in [-0.25, -0.2) is 0 Å². The lowest BCUT2D eigenvalue weighted by Crippen LogP contribution is -2.60. The average Bonchev–Trinajstić information content (AvgIpc) is 2.98. The molecule has 0 unspecified atom stereocenters. The van der Waals surface area contributed by atoms with Crippen molar-refractivity contribution in [2.24, 2.45) is 5.11 Å². The van der Waals surface area contributed by atoms with E-state index < -0.39 is 26.1 Å². The van der Waals surface area contributed by atoms with Crippen LogP contribution in [0.25, 0.3) is 10.4 Å². The molecule has 3 rings (SSSR count). The number of aliphatic hydroxyl groups excluding tert-OH is 1. The van der Waals surface area contributed by atoms with Gasteiger partial charge in [0.05, 0.1) is 39.6 Å². The van der Waals surface area contributed by atoms with Gasteiger partial charge in [-0.1, -0.05) is 117 Å². The van der Waals surface area contributed by atoms with E-state index in [-0.39, 0.29) is 38.0 Å². The topological polar surface area (TPSA) is 106 Å². The Morgan fingerprint density at radius 2 is 1.31 bits per heavy atom. The normalized spacial score (nSPS) is 14.9. The molecular weight excluding hydrogens is 546 g/mol. The van der Waals surface area contributed by atoms with Crippen LogP contribution in [0.2, 0.25) is 18.1 Å². The minimum atomic E-state index is -2.28. The van der Waals surface area contributed by atoms with Crippen LogP contribution in [-0.4, -0.2) is 51.0 Å². The van der Waals surface area contributed by atoms with Crippen LogP contribution in [0.5, 0.6) is 0 Å². The van der Waals surface area contributed by atoms with Crippen molar-refractivity contribution >= 4 is 8.32 Å². The van der Waals surface area contributed by atoms with E-state index in [1.807, 2.05) is 91.0 Å². The average molecular weight is 592 g/mol. The van der Waals surface area contributed by atoms with Crippen molar-refractivity contribution in [1.29, 1.82) is 0 Å². The maximum Gasteiger partial charge on any atom is 0.192 e. The molecule has 3 aromatic carbocycles. The molecule has 42 heavy (non-hydrogen) atoms. The molecule has 0 aliphatic carbocycles. The third-order valence-electron chi connectivity index (χ3n) is 7.79. The van der Waals surface area contributed by atoms with E-state index >= 15 is 0 Å². The van der Waals surface area contributed by atoms with Crippen molar-refractivity contribution in [2.75, 3.05) is 19.8 Å². The van der Waals surface area contributed by atoms with Gasteiger partial charge < -0.3 is 23.7 Å². The van der Waals surface area contributed by atoms with Crippen molar-refractivity contribution in [2.45, 2.75) is 76.5 Å². The number of hydrogen-bond acceptors (Lipinski definition) is 6. The second kappa shape index (κ2) is 16.0. The summed E-state index contributed by atoms with van der Waals surface area (Å²) in [6.07, 6.45) is -2.04. The summed E-state index contributed by atoms with van der Waals surface area (Å²) in [6.45, 7) is 11.5. The molecule has 8 nitrogen and oxygen atoms in total. The first kappa shape index (κ1) is 33.5. The predicted octanol–water partition coefficient (Wildman–Crippen LogP) is 7.44. The molecule has 0 aliphatic rings. The second-order valence-electron chi connectivity index (χ2n) is 12.1. The highest BCUT2D eigenvalue weighted by atomic mass is 28.4. The smallest absolute Gasteiger partial charge is 0.192 e. The fourth-order valence-corrected chi connectivity index (χ4v) is 5.23. The van der Waals surface area contributed by atoms with E-state index in [1.54, 1.807) is 0 Å². The van der Waals surface area contributed by atoms with Gasteiger partial charge in [0.2, 0.25) is 0 Å². The number of hydrogen-bond donors (Lipinski definition) is 1. The van der Waals surface area contributed by atoms with Crippen LogP contribution in [0.3, 0.4) is 0 Å². The van der Waals surface area contributed by atoms with E-state index in [2.05, 4.69) is 43.9 Å². The van der Waals surface area contributed by atoms with E-state index in [0.717, 1.165) is 16.7 Å². The summed E-state index contributed by atoms with van der Waals surface area (Å²) in [4.78, 5) is 3.06. The number of rotatable bonds is 17. The molecule has 0 radical (unpaired) electrons. The molecule has 0 aromatic heterocycles. The van der Waals surface area contributed by atoms with Gasteiger partial charge in [0.15, 0.2) is 8.32 Å². The van der Waals surface area contributed by atoms with E-state index in [0.29, 0.717) is 6.61 Å². The minimum Gasteiger partial charge on any atom is -0.414 e. The summed E-state index contributed by atoms with van der Waals surface area (Å²) < 4.78 is 25.8. The Morgan fingerprint density at radius 3 is 1.81 bits per heavy atom. The second-order valence-corrected chi connectivity index (χ2v) is 16.9. The van der Waals surface area contributed by atoms with Gasteiger partial charge in [-0.2, -0.15) is 0 Å². The lowest BCUT2D eigenvalue weighted by atomic mass is 9.92. The van der Waals surface area contributed by atoms with E-state index in [1.165, 1.54) is 0 Å². The zero-order valence-electron chi connectivity index (χ0n) is 25.5. The quantitative estimate of drug-likeness (QED) is 0.0760. The highest BCUT2D eigenvalue weighted by Crippen LogP contribution is 2.38. The zero-order valence-corrected chi connectivity index (χ0v) is 26.5. The van der Waals surface area contributed by atoms with Gasteiger partial charge in [-0.05, 0) is 40.4 Å². The van der Waals surface area contributed by atoms with Gasteiger partial charge in [-0.15, -0.1) is 0 Å². The van der Waals surface area contributed by atoms with Crippen molar-refractivity contribution in [3.63, 3.8) is 0 Å². The highest BCUT2D eigenvalue weighted by Gasteiger charge is 2.48. The van der Waals surface area contributed by atoms with Gasteiger partial charge in [-0.3, -0.25) is 0 Å². The van der Waals surface area contributed by atoms with E-state index in [4.69, 9.17) is 18.6 Å². The van der Waals surface area contributed by atoms with Crippen LogP contribution >= 0.6 is 0 Å². The van der Waals surface area contributed by atoms with Crippen molar-refractivity contribution < 1.29 is 23.7 Å². The number of benzene rings is 3. The molecule has 1 N–H and O–H groups in total. The standard InChI is InChI=1S/C33H45N3O5Si/c1-32(2,3)42(4,5)41-26-33(25-35-36-34,40-23-29-19-13-8-14-20-29)31(39-22-28-17-11-7-12-18-28)30(37)24-38-21-27-15-9-6-10-16-27/h6-20,30-31,37H,21-26H2,1-5H3/t30-,31+,33-/m1/s1. The van der Waals surface area contributed by atoms with Gasteiger partial charge in [0.1, 0.15) is 17.8 Å². The molecule has 3 aromatic rings. The summed E-state index contributed by atoms with van der Waals surface area (Å²) in [6, 6.07) is 29.3. The van der Waals surface area contributed by atoms with Gasteiger partial charge in [0, 0.05) is 4.91 Å². The third kappa shape index (κ3) is 10.1. The number of nitrogens with zero attached hydrogens (tertiary/aromatic N) is 3. The summed E-state index contributed by atoms with van der Waals surface area (Å²) in [5, 5.41) is 15.6. The molecule has 0 heterocycles. The molecule has 0 spiro atoms. The predicted molar refractivity (Wildman–Crippen MR) is 168 cm³/mol. The first-order valence-corrected chi connectivity index (χ1v) is 17.3. The Kier molecular flexibility index (Phi) is 12.8. The number of aliphatic hydroxyl groups is 1. The Hall–Kier alpha value is -3.01. The molecule has 0 bridgehead atoms. The SMILES string of the molecule is CC(C)(C)[Si](C)(C)OC[C@@](CN=[N+]=[N-])(OCc1ccccc1)[C@@H](OCc1ccccc1)[C@H](O)COCc1ccccc1. The first-order valence-electron chi connectivity index (χ1n) is 14.3. The van der Waals surface area contributed by atoms with E-state index in [9.17, 15) is 10.6 Å². The largest absolute Gasteiger partial charge is 0.414 e. The molecule has 226 valence electrons. The van der Waals surface area contributed by atoms with Crippen molar-refractivity contribution in [1.82, 2.24) is 0 Å². The Labute approximate surface area is 251 Å². The third-order valence-corrected chi connectivity index (χ3v) is 12.3. The maximum atomic E-state index is 11.7. The van der Waals surface area contributed by atoms with Crippen LogP contribution in [0, 0.1) is 0 Å². The summed E-state index contributed by atoms with van der Waals surface area (Å²) >= 11 is 0. The fourth-order valence-electron chi connectivity index (χ4n) is 4.19. The molecule has 3 atom stereocenters. The molecule has 0 aliphatic heterocycles. The van der Waals surface area contributed by atoms with Crippen LogP contribution in [0.1, 0.15) is 37.5 Å². The van der Waals surface area contributed by atoms with Gasteiger partial charge in [0.25, 0.3) is 0 Å². The summed E-state index contributed by atoms with van der Waals surface area (Å²) in [5.74, 6) is 0. The van der Waals surface area contributed by atoms with Gasteiger partial charge >= 0.3 is 0 Å². The molecule has 0 amide bonds. The minimum absolute atomic E-state index is 0.0127. The maximum absolute atomic E-state index is 11.7.